The minimum Gasteiger partial charge on any atom is -0.318 e. The van der Waals surface area contributed by atoms with Crippen LogP contribution in [0.2, 0.25) is 0 Å². The van der Waals surface area contributed by atoms with Gasteiger partial charge in [-0.1, -0.05) is 47.7 Å². The third-order valence-electron chi connectivity index (χ3n) is 4.70. The minimum atomic E-state index is -0.274. The number of aromatic nitrogens is 2. The monoisotopic (exact) mass is 429 g/mol. The standard InChI is InChI=1S/C21H27N5OS2/c1-21(2,16-9-6-5-7-10-16)18-23-24-19(29-18)22-20(27)26(13-12-25(3)4)15-17-11-8-14-28-17/h5-11,14H,12-13,15H2,1-4H3,(H,22,24,27). The van der Waals surface area contributed by atoms with Crippen molar-refractivity contribution >= 4 is 33.8 Å². The first kappa shape index (κ1) is 21.4. The average Bonchev–Trinajstić information content (AvgIpc) is 3.38. The van der Waals surface area contributed by atoms with E-state index in [0.717, 1.165) is 16.4 Å². The fourth-order valence-corrected chi connectivity index (χ4v) is 4.42. The van der Waals surface area contributed by atoms with Crippen LogP contribution in [0.25, 0.3) is 0 Å². The summed E-state index contributed by atoms with van der Waals surface area (Å²) < 4.78 is 0. The van der Waals surface area contributed by atoms with Crippen molar-refractivity contribution in [1.29, 1.82) is 0 Å². The molecule has 1 aromatic carbocycles. The first-order valence-corrected chi connectivity index (χ1v) is 11.2. The van der Waals surface area contributed by atoms with Gasteiger partial charge in [0.15, 0.2) is 0 Å². The fourth-order valence-electron chi connectivity index (χ4n) is 2.84. The van der Waals surface area contributed by atoms with Gasteiger partial charge in [0.05, 0.1) is 6.54 Å². The van der Waals surface area contributed by atoms with Crippen molar-refractivity contribution in [2.24, 2.45) is 0 Å². The van der Waals surface area contributed by atoms with Crippen molar-refractivity contribution in [3.63, 3.8) is 0 Å². The van der Waals surface area contributed by atoms with Gasteiger partial charge in [-0.25, -0.2) is 4.79 Å². The smallest absolute Gasteiger partial charge is 0.318 e. The molecule has 3 rings (SSSR count). The Hall–Kier alpha value is -2.29. The summed E-state index contributed by atoms with van der Waals surface area (Å²) >= 11 is 3.08. The molecule has 6 nitrogen and oxygen atoms in total. The van der Waals surface area contributed by atoms with E-state index in [4.69, 9.17) is 0 Å². The predicted octanol–water partition coefficient (Wildman–Crippen LogP) is 4.52. The van der Waals surface area contributed by atoms with Crippen LogP contribution in [0, 0.1) is 0 Å². The van der Waals surface area contributed by atoms with Gasteiger partial charge in [0.2, 0.25) is 5.13 Å². The topological polar surface area (TPSA) is 61.4 Å². The molecule has 1 N–H and O–H groups in total. The summed E-state index contributed by atoms with van der Waals surface area (Å²) in [7, 11) is 4.01. The van der Waals surface area contributed by atoms with Gasteiger partial charge in [0.25, 0.3) is 0 Å². The molecule has 0 aliphatic heterocycles. The molecule has 2 heterocycles. The Bertz CT molecular complexity index is 906. The van der Waals surface area contributed by atoms with E-state index in [1.807, 2.05) is 54.7 Å². The average molecular weight is 430 g/mol. The van der Waals surface area contributed by atoms with Crippen molar-refractivity contribution in [2.75, 3.05) is 32.5 Å². The van der Waals surface area contributed by atoms with Crippen molar-refractivity contribution in [2.45, 2.75) is 25.8 Å². The van der Waals surface area contributed by atoms with E-state index < -0.39 is 0 Å². The van der Waals surface area contributed by atoms with Crippen LogP contribution in [0.3, 0.4) is 0 Å². The van der Waals surface area contributed by atoms with Crippen molar-refractivity contribution in [3.05, 3.63) is 63.3 Å². The van der Waals surface area contributed by atoms with Gasteiger partial charge in [-0.05, 0) is 45.0 Å². The number of carbonyl (C=O) groups excluding carboxylic acids is 1. The van der Waals surface area contributed by atoms with Crippen LogP contribution < -0.4 is 5.32 Å². The number of anilines is 1. The number of carbonyl (C=O) groups is 1. The maximum Gasteiger partial charge on any atom is 0.324 e. The third kappa shape index (κ3) is 5.62. The molecular formula is C21H27N5OS2. The van der Waals surface area contributed by atoms with E-state index in [2.05, 4.69) is 46.4 Å². The van der Waals surface area contributed by atoms with Gasteiger partial charge in [-0.2, -0.15) is 0 Å². The quantitative estimate of drug-likeness (QED) is 0.572. The third-order valence-corrected chi connectivity index (χ3v) is 6.72. The lowest BCUT2D eigenvalue weighted by molar-refractivity contribution is 0.203. The summed E-state index contributed by atoms with van der Waals surface area (Å²) in [5, 5.41) is 14.9. The number of thiophene rings is 1. The molecule has 0 fully saturated rings. The molecule has 29 heavy (non-hydrogen) atoms. The Morgan fingerprint density at radius 1 is 1.07 bits per heavy atom. The minimum absolute atomic E-state index is 0.152. The number of amides is 2. The van der Waals surface area contributed by atoms with Crippen LogP contribution in [0.1, 0.15) is 29.3 Å². The molecule has 0 aliphatic carbocycles. The highest BCUT2D eigenvalue weighted by Crippen LogP contribution is 2.34. The fraction of sp³-hybridized carbons (Fsp3) is 0.381. The summed E-state index contributed by atoms with van der Waals surface area (Å²) in [4.78, 5) is 18.0. The second kappa shape index (κ2) is 9.47. The number of likely N-dealkylation sites (N-methyl/N-ethyl adjacent to an activating group) is 1. The number of rotatable bonds is 8. The number of hydrogen-bond acceptors (Lipinski definition) is 6. The second-order valence-corrected chi connectivity index (χ2v) is 9.65. The highest BCUT2D eigenvalue weighted by atomic mass is 32.1. The molecule has 0 unspecified atom stereocenters. The molecule has 0 radical (unpaired) electrons. The molecular weight excluding hydrogens is 402 g/mol. The van der Waals surface area contributed by atoms with E-state index in [1.54, 1.807) is 11.3 Å². The van der Waals surface area contributed by atoms with E-state index >= 15 is 0 Å². The van der Waals surface area contributed by atoms with E-state index in [9.17, 15) is 4.79 Å². The summed E-state index contributed by atoms with van der Waals surface area (Å²) in [5.74, 6) is 0. The van der Waals surface area contributed by atoms with Gasteiger partial charge in [-0.15, -0.1) is 21.5 Å². The zero-order valence-electron chi connectivity index (χ0n) is 17.3. The molecule has 154 valence electrons. The zero-order chi connectivity index (χ0) is 20.9. The Morgan fingerprint density at radius 2 is 1.83 bits per heavy atom. The number of hydrogen-bond donors (Lipinski definition) is 1. The SMILES string of the molecule is CN(C)CCN(Cc1cccs1)C(=O)Nc1nnc(C(C)(C)c2ccccc2)s1. The molecule has 0 atom stereocenters. The van der Waals surface area contributed by atoms with E-state index in [-0.39, 0.29) is 11.4 Å². The molecule has 0 aliphatic rings. The lowest BCUT2D eigenvalue weighted by atomic mass is 9.85. The van der Waals surface area contributed by atoms with Gasteiger partial charge in [-0.3, -0.25) is 5.32 Å². The summed E-state index contributed by atoms with van der Waals surface area (Å²) in [6.07, 6.45) is 0. The highest BCUT2D eigenvalue weighted by molar-refractivity contribution is 7.15. The van der Waals surface area contributed by atoms with Gasteiger partial charge < -0.3 is 9.80 Å². The van der Waals surface area contributed by atoms with Crippen molar-refractivity contribution in [1.82, 2.24) is 20.0 Å². The molecule has 0 spiro atoms. The van der Waals surface area contributed by atoms with Crippen LogP contribution >= 0.6 is 22.7 Å². The van der Waals surface area contributed by atoms with Gasteiger partial charge in [0.1, 0.15) is 5.01 Å². The van der Waals surface area contributed by atoms with Crippen molar-refractivity contribution in [3.8, 4) is 0 Å². The number of nitrogens with one attached hydrogen (secondary N) is 1. The number of nitrogens with zero attached hydrogens (tertiary/aromatic N) is 4. The van der Waals surface area contributed by atoms with Crippen LogP contribution in [0.5, 0.6) is 0 Å². The molecule has 2 amide bonds. The molecule has 3 aromatic rings. The lowest BCUT2D eigenvalue weighted by Crippen LogP contribution is -2.38. The Kier molecular flexibility index (Phi) is 7.00. The van der Waals surface area contributed by atoms with Crippen LogP contribution in [0.4, 0.5) is 9.93 Å². The van der Waals surface area contributed by atoms with Crippen molar-refractivity contribution < 1.29 is 4.79 Å². The summed E-state index contributed by atoms with van der Waals surface area (Å²) in [5.41, 5.74) is 0.892. The molecule has 2 aromatic heterocycles. The normalized spacial score (nSPS) is 11.6. The van der Waals surface area contributed by atoms with E-state index in [0.29, 0.717) is 18.2 Å². The Balaban J connectivity index is 1.71. The Morgan fingerprint density at radius 3 is 2.48 bits per heavy atom. The zero-order valence-corrected chi connectivity index (χ0v) is 18.9. The summed E-state index contributed by atoms with van der Waals surface area (Å²) in [6, 6.07) is 14.1. The van der Waals surface area contributed by atoms with Gasteiger partial charge >= 0.3 is 6.03 Å². The molecule has 8 heteroatoms. The maximum absolute atomic E-state index is 12.9. The van der Waals surface area contributed by atoms with E-state index in [1.165, 1.54) is 16.9 Å². The van der Waals surface area contributed by atoms with Gasteiger partial charge in [0, 0.05) is 23.4 Å². The Labute approximate surface area is 180 Å². The number of urea groups is 1. The largest absolute Gasteiger partial charge is 0.324 e. The first-order valence-electron chi connectivity index (χ1n) is 9.49. The van der Waals surface area contributed by atoms with Crippen LogP contribution in [0.15, 0.2) is 47.8 Å². The highest BCUT2D eigenvalue weighted by Gasteiger charge is 2.28. The molecule has 0 saturated heterocycles. The first-order chi connectivity index (χ1) is 13.9. The van der Waals surface area contributed by atoms with Crippen LogP contribution in [-0.2, 0) is 12.0 Å². The van der Waals surface area contributed by atoms with Crippen LogP contribution in [-0.4, -0.2) is 53.2 Å². The molecule has 0 bridgehead atoms. The maximum atomic E-state index is 12.9. The second-order valence-electron chi connectivity index (χ2n) is 7.64. The summed E-state index contributed by atoms with van der Waals surface area (Å²) in [6.45, 7) is 6.25. The molecule has 0 saturated carbocycles. The lowest BCUT2D eigenvalue weighted by Gasteiger charge is -2.23. The predicted molar refractivity (Wildman–Crippen MR) is 121 cm³/mol. The number of benzene rings is 1.